The monoisotopic (exact) mass is 244 g/mol. The van der Waals surface area contributed by atoms with Crippen molar-refractivity contribution in [1.82, 2.24) is 5.32 Å². The molecule has 3 nitrogen and oxygen atoms in total. The van der Waals surface area contributed by atoms with E-state index in [0.717, 1.165) is 6.54 Å². The Bertz CT molecular complexity index is 74.4. The molecule has 0 rings (SSSR count). The fourth-order valence-electron chi connectivity index (χ4n) is 0.301. The Hall–Kier alpha value is -0.0300. The average Bonchev–Trinajstić information content (AvgIpc) is 2.06. The third kappa shape index (κ3) is 32.5. The zero-order chi connectivity index (χ0) is 8.95. The highest BCUT2D eigenvalue weighted by atomic mass is 79.9. The van der Waals surface area contributed by atoms with E-state index in [0.29, 0.717) is 18.4 Å². The van der Waals surface area contributed by atoms with Gasteiger partial charge < -0.3 is 5.32 Å². The topological polar surface area (TPSA) is 41.5 Å². The molecular weight excluding hydrogens is 227 g/mol. The molecule has 0 aromatic heterocycles. The number of nitroso groups, excluding NO2 is 1. The molecule has 0 unspecified atom stereocenters. The highest BCUT2D eigenvalue weighted by Crippen LogP contribution is 1.75. The van der Waals surface area contributed by atoms with Crippen LogP contribution >= 0.6 is 15.9 Å². The molecule has 0 fully saturated rings. The Kier molecular flexibility index (Phi) is 33.5. The number of halogens is 2. The highest BCUT2D eigenvalue weighted by molar-refractivity contribution is 9.09. The maximum Gasteiger partial charge on any atom is 0.0991 e. The summed E-state index contributed by atoms with van der Waals surface area (Å²) in [5.41, 5.74) is 0. The van der Waals surface area contributed by atoms with Crippen LogP contribution in [0, 0.1) is 4.91 Å². The van der Waals surface area contributed by atoms with Gasteiger partial charge in [-0.3, -0.25) is 4.39 Å². The van der Waals surface area contributed by atoms with Crippen LogP contribution in [0.5, 0.6) is 0 Å². The standard InChI is InChI=1S/C4H10N2O.C2H4BrF.CH4/c1-2-5-3-4-6-7;3-1-2-4;/h5H,2-4H2,1H3;1-2H2;1H4. The van der Waals surface area contributed by atoms with E-state index in [1.165, 1.54) is 0 Å². The normalized spacial score (nSPS) is 7.58. The van der Waals surface area contributed by atoms with Crippen LogP contribution in [0.3, 0.4) is 0 Å². The van der Waals surface area contributed by atoms with Crippen LogP contribution in [0.1, 0.15) is 14.4 Å². The molecule has 0 saturated carbocycles. The van der Waals surface area contributed by atoms with Crippen molar-refractivity contribution < 1.29 is 4.39 Å². The van der Waals surface area contributed by atoms with Crippen molar-refractivity contribution in [1.29, 1.82) is 0 Å². The summed E-state index contributed by atoms with van der Waals surface area (Å²) in [5.74, 6) is 0. The number of hydrogen-bond donors (Lipinski definition) is 1. The Morgan fingerprint density at radius 3 is 2.33 bits per heavy atom. The summed E-state index contributed by atoms with van der Waals surface area (Å²) in [6.45, 7) is 3.73. The summed E-state index contributed by atoms with van der Waals surface area (Å²) in [6.07, 6.45) is 0. The SMILES string of the molecule is C.CCNCCN=O.FCCBr. The molecule has 0 spiro atoms. The van der Waals surface area contributed by atoms with E-state index in [9.17, 15) is 9.30 Å². The largest absolute Gasteiger partial charge is 0.315 e. The van der Waals surface area contributed by atoms with Crippen LogP contribution < -0.4 is 5.32 Å². The maximum atomic E-state index is 10.7. The number of nitrogens with one attached hydrogen (secondary N) is 1. The molecule has 0 aliphatic rings. The zero-order valence-corrected chi connectivity index (χ0v) is 8.23. The number of rotatable bonds is 5. The highest BCUT2D eigenvalue weighted by Gasteiger charge is 1.77. The average molecular weight is 245 g/mol. The number of nitrogens with zero attached hydrogens (tertiary/aromatic N) is 1. The van der Waals surface area contributed by atoms with Gasteiger partial charge in [-0.15, -0.1) is 0 Å². The van der Waals surface area contributed by atoms with Gasteiger partial charge in [0.1, 0.15) is 0 Å². The minimum absolute atomic E-state index is 0. The maximum absolute atomic E-state index is 10.7. The van der Waals surface area contributed by atoms with Gasteiger partial charge in [0.2, 0.25) is 0 Å². The van der Waals surface area contributed by atoms with Crippen LogP contribution in [-0.2, 0) is 0 Å². The predicted octanol–water partition coefficient (Wildman–Crippen LogP) is 2.35. The molecule has 0 radical (unpaired) electrons. The Morgan fingerprint density at radius 1 is 1.58 bits per heavy atom. The molecular formula is C7H18BrFN2O. The van der Waals surface area contributed by atoms with Gasteiger partial charge >= 0.3 is 0 Å². The van der Waals surface area contributed by atoms with Crippen molar-refractivity contribution in [3.8, 4) is 0 Å². The molecule has 0 aliphatic heterocycles. The molecule has 12 heavy (non-hydrogen) atoms. The quantitative estimate of drug-likeness (QED) is 0.459. The first-order valence-corrected chi connectivity index (χ1v) is 4.57. The number of alkyl halides is 2. The van der Waals surface area contributed by atoms with E-state index >= 15 is 0 Å². The second kappa shape index (κ2) is 22.4. The molecule has 5 heteroatoms. The summed E-state index contributed by atoms with van der Waals surface area (Å²) >= 11 is 2.87. The molecule has 0 heterocycles. The van der Waals surface area contributed by atoms with E-state index in [4.69, 9.17) is 0 Å². The summed E-state index contributed by atoms with van der Waals surface area (Å²) in [5, 5.41) is 6.08. The van der Waals surface area contributed by atoms with E-state index in [-0.39, 0.29) is 14.1 Å². The van der Waals surface area contributed by atoms with Gasteiger partial charge in [0, 0.05) is 11.9 Å². The first-order chi connectivity index (χ1) is 5.33. The molecule has 0 aromatic rings. The van der Waals surface area contributed by atoms with Crippen LogP contribution in [0.4, 0.5) is 4.39 Å². The first kappa shape index (κ1) is 17.9. The second-order valence-corrected chi connectivity index (χ2v) is 2.38. The van der Waals surface area contributed by atoms with Crippen molar-refractivity contribution >= 4 is 15.9 Å². The lowest BCUT2D eigenvalue weighted by Gasteiger charge is -1.90. The summed E-state index contributed by atoms with van der Waals surface area (Å²) in [4.78, 5) is 9.39. The summed E-state index contributed by atoms with van der Waals surface area (Å²) in [7, 11) is 0. The summed E-state index contributed by atoms with van der Waals surface area (Å²) in [6, 6.07) is 0. The minimum atomic E-state index is -0.264. The van der Waals surface area contributed by atoms with E-state index < -0.39 is 0 Å². The van der Waals surface area contributed by atoms with E-state index in [2.05, 4.69) is 26.4 Å². The minimum Gasteiger partial charge on any atom is -0.315 e. The van der Waals surface area contributed by atoms with Gasteiger partial charge in [-0.1, -0.05) is 35.5 Å². The van der Waals surface area contributed by atoms with Crippen molar-refractivity contribution in [2.24, 2.45) is 5.18 Å². The van der Waals surface area contributed by atoms with Gasteiger partial charge in [-0.2, -0.15) is 4.91 Å². The lowest BCUT2D eigenvalue weighted by Crippen LogP contribution is -2.15. The van der Waals surface area contributed by atoms with Crippen molar-refractivity contribution in [2.75, 3.05) is 31.6 Å². The van der Waals surface area contributed by atoms with Crippen LogP contribution in [-0.4, -0.2) is 31.6 Å². The van der Waals surface area contributed by atoms with Gasteiger partial charge in [0.05, 0.1) is 13.2 Å². The van der Waals surface area contributed by atoms with Gasteiger partial charge in [-0.25, -0.2) is 0 Å². The van der Waals surface area contributed by atoms with Gasteiger partial charge in [0.15, 0.2) is 0 Å². The van der Waals surface area contributed by atoms with Crippen molar-refractivity contribution in [3.63, 3.8) is 0 Å². The number of likely N-dealkylation sites (N-methyl/N-ethyl adjacent to an activating group) is 1. The Balaban J connectivity index is -0.000000142. The molecule has 0 aromatic carbocycles. The third-order valence-electron chi connectivity index (χ3n) is 0.701. The fourth-order valence-corrected chi connectivity index (χ4v) is 0.301. The molecule has 0 atom stereocenters. The van der Waals surface area contributed by atoms with Crippen LogP contribution in [0.2, 0.25) is 0 Å². The van der Waals surface area contributed by atoms with Crippen molar-refractivity contribution in [3.05, 3.63) is 4.91 Å². The molecule has 76 valence electrons. The fraction of sp³-hybridized carbons (Fsp3) is 1.00. The molecule has 0 saturated heterocycles. The number of hydrogen-bond acceptors (Lipinski definition) is 3. The molecule has 1 N–H and O–H groups in total. The van der Waals surface area contributed by atoms with Crippen LogP contribution in [0.15, 0.2) is 5.18 Å². The lowest BCUT2D eigenvalue weighted by molar-refractivity contribution is 0.535. The Labute approximate surface area is 82.2 Å². The smallest absolute Gasteiger partial charge is 0.0991 e. The molecule has 0 amide bonds. The van der Waals surface area contributed by atoms with E-state index in [1.807, 2.05) is 6.92 Å². The van der Waals surface area contributed by atoms with Crippen molar-refractivity contribution in [2.45, 2.75) is 14.4 Å². The zero-order valence-electron chi connectivity index (χ0n) is 6.65. The van der Waals surface area contributed by atoms with Crippen LogP contribution in [0.25, 0.3) is 0 Å². The molecule has 0 bridgehead atoms. The second-order valence-electron chi connectivity index (χ2n) is 1.58. The molecule has 0 aliphatic carbocycles. The third-order valence-corrected chi connectivity index (χ3v) is 1.00. The lowest BCUT2D eigenvalue weighted by atomic mass is 10.6. The van der Waals surface area contributed by atoms with E-state index in [1.54, 1.807) is 0 Å². The predicted molar refractivity (Wildman–Crippen MR) is 55.7 cm³/mol. The van der Waals surface area contributed by atoms with Gasteiger partial charge in [-0.05, 0) is 6.54 Å². The van der Waals surface area contributed by atoms with Gasteiger partial charge in [0.25, 0.3) is 0 Å². The Morgan fingerprint density at radius 2 is 2.08 bits per heavy atom. The first-order valence-electron chi connectivity index (χ1n) is 3.45. The summed E-state index contributed by atoms with van der Waals surface area (Å²) < 4.78 is 10.7.